The lowest BCUT2D eigenvalue weighted by Gasteiger charge is -2.16. The van der Waals surface area contributed by atoms with Crippen molar-refractivity contribution in [2.24, 2.45) is 5.41 Å². The summed E-state index contributed by atoms with van der Waals surface area (Å²) in [5.74, 6) is 7.62. The molecule has 7 nitrogen and oxygen atoms in total. The van der Waals surface area contributed by atoms with Crippen LogP contribution in [-0.4, -0.2) is 37.5 Å². The van der Waals surface area contributed by atoms with Gasteiger partial charge in [0, 0.05) is 22.4 Å². The maximum atomic E-state index is 12.0. The second kappa shape index (κ2) is 11.6. The minimum absolute atomic E-state index is 0.0128. The highest BCUT2D eigenvalue weighted by Gasteiger charge is 2.22. The zero-order chi connectivity index (χ0) is 25.5. The van der Waals surface area contributed by atoms with E-state index in [2.05, 4.69) is 36.9 Å². The molecule has 4 rings (SSSR count). The molecular formula is C28H33N5O2S. The average Bonchev–Trinajstić information content (AvgIpc) is 3.51. The lowest BCUT2D eigenvalue weighted by atomic mass is 9.96. The van der Waals surface area contributed by atoms with Crippen molar-refractivity contribution < 1.29 is 9.53 Å². The smallest absolute Gasteiger partial charge is 0.226 e. The molecule has 0 radical (unpaired) electrons. The topological polar surface area (TPSA) is 81.9 Å². The summed E-state index contributed by atoms with van der Waals surface area (Å²) in [6, 6.07) is 9.75. The number of ether oxygens (including phenoxy) is 1. The van der Waals surface area contributed by atoms with Gasteiger partial charge >= 0.3 is 0 Å². The molecule has 1 saturated carbocycles. The first-order valence-electron chi connectivity index (χ1n) is 12.3. The van der Waals surface area contributed by atoms with Crippen LogP contribution in [0.4, 0.5) is 0 Å². The van der Waals surface area contributed by atoms with Crippen molar-refractivity contribution in [3.8, 4) is 23.3 Å². The fourth-order valence-electron chi connectivity index (χ4n) is 3.91. The lowest BCUT2D eigenvalue weighted by Crippen LogP contribution is -2.34. The third-order valence-corrected chi connectivity index (χ3v) is 7.27. The van der Waals surface area contributed by atoms with E-state index in [4.69, 9.17) is 4.74 Å². The number of hydrogen-bond acceptors (Lipinski definition) is 6. The monoisotopic (exact) mass is 503 g/mol. The Bertz CT molecular complexity index is 1250. The van der Waals surface area contributed by atoms with Crippen LogP contribution >= 0.6 is 11.8 Å². The summed E-state index contributed by atoms with van der Waals surface area (Å²) in [5, 5.41) is 13.3. The van der Waals surface area contributed by atoms with Gasteiger partial charge in [-0.25, -0.2) is 0 Å². The summed E-state index contributed by atoms with van der Waals surface area (Å²) >= 11 is 1.80. The molecule has 8 heteroatoms. The molecule has 0 bridgehead atoms. The molecule has 1 aliphatic rings. The molecule has 3 aromatic rings. The van der Waals surface area contributed by atoms with Crippen molar-refractivity contribution >= 4 is 17.7 Å². The van der Waals surface area contributed by atoms with Crippen molar-refractivity contribution in [2.45, 2.75) is 70.4 Å². The van der Waals surface area contributed by atoms with Crippen LogP contribution < -0.4 is 10.1 Å². The molecule has 1 N–H and O–H groups in total. The van der Waals surface area contributed by atoms with Gasteiger partial charge in [-0.05, 0) is 55.7 Å². The van der Waals surface area contributed by atoms with Crippen LogP contribution in [0.3, 0.4) is 0 Å². The van der Waals surface area contributed by atoms with E-state index >= 15 is 0 Å². The van der Waals surface area contributed by atoms with Crippen molar-refractivity contribution in [3.63, 3.8) is 0 Å². The van der Waals surface area contributed by atoms with Crippen LogP contribution in [0.25, 0.3) is 5.69 Å². The summed E-state index contributed by atoms with van der Waals surface area (Å²) in [6.45, 7) is 8.25. The second-order valence-corrected chi connectivity index (χ2v) is 11.2. The standard InChI is InChI=1S/C28H33N5O2S/c1-20-17-23(14-13-21(20)9-7-16-30-26(34)28(2,3)4)35-19-25-31-32-27(36-24-11-5-6-12-24)33(25)22-10-8-15-29-18-22/h8,10,13-15,17-18,24H,5-6,11-12,16,19H2,1-4H3,(H,30,34). The Kier molecular flexibility index (Phi) is 8.32. The molecule has 0 unspecified atom stereocenters. The fourth-order valence-corrected chi connectivity index (χ4v) is 5.19. The van der Waals surface area contributed by atoms with E-state index in [-0.39, 0.29) is 12.5 Å². The van der Waals surface area contributed by atoms with Crippen LogP contribution in [0, 0.1) is 24.2 Å². The second-order valence-electron chi connectivity index (χ2n) is 9.97. The first-order chi connectivity index (χ1) is 17.3. The maximum Gasteiger partial charge on any atom is 0.226 e. The zero-order valence-corrected chi connectivity index (χ0v) is 22.2. The molecular weight excluding hydrogens is 470 g/mol. The largest absolute Gasteiger partial charge is 0.486 e. The molecule has 0 aliphatic heterocycles. The van der Waals surface area contributed by atoms with Crippen molar-refractivity contribution in [2.75, 3.05) is 6.54 Å². The number of pyridine rings is 1. The molecule has 1 aromatic carbocycles. The predicted molar refractivity (Wildman–Crippen MR) is 142 cm³/mol. The summed E-state index contributed by atoms with van der Waals surface area (Å²) in [6.07, 6.45) is 8.58. The van der Waals surface area contributed by atoms with E-state index in [1.54, 1.807) is 18.0 Å². The highest BCUT2D eigenvalue weighted by Crippen LogP contribution is 2.35. The molecule has 0 saturated heterocycles. The number of benzene rings is 1. The molecule has 0 atom stereocenters. The van der Waals surface area contributed by atoms with Crippen LogP contribution in [0.2, 0.25) is 0 Å². The number of aryl methyl sites for hydroxylation is 1. The van der Waals surface area contributed by atoms with Crippen LogP contribution in [0.1, 0.15) is 63.4 Å². The summed E-state index contributed by atoms with van der Waals surface area (Å²) in [4.78, 5) is 16.3. The van der Waals surface area contributed by atoms with E-state index < -0.39 is 5.41 Å². The highest BCUT2D eigenvalue weighted by molar-refractivity contribution is 7.99. The lowest BCUT2D eigenvalue weighted by molar-refractivity contribution is -0.128. The quantitative estimate of drug-likeness (QED) is 0.452. The third-order valence-electron chi connectivity index (χ3n) is 5.99. The van der Waals surface area contributed by atoms with Gasteiger partial charge in [0.2, 0.25) is 5.91 Å². The Morgan fingerprint density at radius 1 is 1.22 bits per heavy atom. The third kappa shape index (κ3) is 6.67. The van der Waals surface area contributed by atoms with Gasteiger partial charge in [-0.3, -0.25) is 14.3 Å². The number of thioether (sulfide) groups is 1. The molecule has 36 heavy (non-hydrogen) atoms. The number of hydrogen-bond donors (Lipinski definition) is 1. The van der Waals surface area contributed by atoms with E-state index in [0.717, 1.165) is 33.5 Å². The Hall–Kier alpha value is -3.31. The van der Waals surface area contributed by atoms with E-state index in [1.165, 1.54) is 25.7 Å². The molecule has 2 aromatic heterocycles. The van der Waals surface area contributed by atoms with Gasteiger partial charge in [-0.2, -0.15) is 0 Å². The van der Waals surface area contributed by atoms with E-state index in [1.807, 2.05) is 64.2 Å². The summed E-state index contributed by atoms with van der Waals surface area (Å²) < 4.78 is 8.16. The number of nitrogens with zero attached hydrogens (tertiary/aromatic N) is 4. The molecule has 2 heterocycles. The minimum atomic E-state index is -0.423. The number of carbonyl (C=O) groups excluding carboxylic acids is 1. The van der Waals surface area contributed by atoms with Crippen molar-refractivity contribution in [3.05, 3.63) is 59.7 Å². The number of aromatic nitrogens is 4. The number of rotatable bonds is 7. The number of amides is 1. The van der Waals surface area contributed by atoms with Crippen molar-refractivity contribution in [1.82, 2.24) is 25.1 Å². The summed E-state index contributed by atoms with van der Waals surface area (Å²) in [5.41, 5.74) is 2.42. The Morgan fingerprint density at radius 3 is 2.72 bits per heavy atom. The van der Waals surface area contributed by atoms with Crippen LogP contribution in [0.5, 0.6) is 5.75 Å². The van der Waals surface area contributed by atoms with E-state index in [9.17, 15) is 4.79 Å². The summed E-state index contributed by atoms with van der Waals surface area (Å²) in [7, 11) is 0. The van der Waals surface area contributed by atoms with Gasteiger partial charge in [0.25, 0.3) is 0 Å². The zero-order valence-electron chi connectivity index (χ0n) is 21.4. The maximum absolute atomic E-state index is 12.0. The van der Waals surface area contributed by atoms with Gasteiger partial charge < -0.3 is 10.1 Å². The van der Waals surface area contributed by atoms with E-state index in [0.29, 0.717) is 11.8 Å². The molecule has 0 spiro atoms. The average molecular weight is 504 g/mol. The van der Waals surface area contributed by atoms with Gasteiger partial charge in [0.1, 0.15) is 12.4 Å². The molecule has 188 valence electrons. The Labute approximate surface area is 217 Å². The molecule has 1 fully saturated rings. The SMILES string of the molecule is Cc1cc(OCc2nnc(SC3CCCC3)n2-c2cccnc2)ccc1C#CCNC(=O)C(C)(C)C. The first-order valence-corrected chi connectivity index (χ1v) is 13.2. The Morgan fingerprint density at radius 2 is 2.03 bits per heavy atom. The van der Waals surface area contributed by atoms with Crippen molar-refractivity contribution in [1.29, 1.82) is 0 Å². The van der Waals surface area contributed by atoms with Crippen LogP contribution in [0.15, 0.2) is 47.9 Å². The first kappa shape index (κ1) is 25.8. The van der Waals surface area contributed by atoms with Gasteiger partial charge in [0.05, 0.1) is 18.4 Å². The minimum Gasteiger partial charge on any atom is -0.486 e. The molecule has 1 amide bonds. The Balaban J connectivity index is 1.43. The fraction of sp³-hybridized carbons (Fsp3) is 0.429. The van der Waals surface area contributed by atoms with Crippen LogP contribution in [-0.2, 0) is 11.4 Å². The predicted octanol–water partition coefficient (Wildman–Crippen LogP) is 5.10. The highest BCUT2D eigenvalue weighted by atomic mass is 32.2. The number of carbonyl (C=O) groups is 1. The normalized spacial score (nSPS) is 13.8. The molecule has 1 aliphatic carbocycles. The van der Waals surface area contributed by atoms with Gasteiger partial charge in [-0.1, -0.05) is 57.2 Å². The van der Waals surface area contributed by atoms with Gasteiger partial charge in [0.15, 0.2) is 11.0 Å². The number of nitrogens with one attached hydrogen (secondary N) is 1. The van der Waals surface area contributed by atoms with Gasteiger partial charge in [-0.15, -0.1) is 10.2 Å².